The minimum absolute atomic E-state index is 0.0234. The maximum absolute atomic E-state index is 13.5. The number of amides is 2. The normalized spacial score (nSPS) is 17.4. The lowest BCUT2D eigenvalue weighted by atomic mass is 10.0. The van der Waals surface area contributed by atoms with Crippen LogP contribution in [-0.2, 0) is 22.6 Å². The molecule has 0 aliphatic carbocycles. The van der Waals surface area contributed by atoms with E-state index >= 15 is 0 Å². The molecule has 8 nitrogen and oxygen atoms in total. The first-order valence-corrected chi connectivity index (χ1v) is 12.5. The van der Waals surface area contributed by atoms with Gasteiger partial charge in [-0.2, -0.15) is 5.10 Å². The molecule has 0 saturated heterocycles. The molecular weight excluding hydrogens is 432 g/mol. The summed E-state index contributed by atoms with van der Waals surface area (Å²) in [7, 11) is 3.20. The fraction of sp³-hybridized carbons (Fsp3) is 0.615. The number of hydrogen-bond acceptors (Lipinski definition) is 5. The molecule has 8 heteroatoms. The molecule has 2 amide bonds. The maximum atomic E-state index is 13.5. The van der Waals surface area contributed by atoms with Gasteiger partial charge < -0.3 is 15.0 Å². The summed E-state index contributed by atoms with van der Waals surface area (Å²) in [6.07, 6.45) is 9.61. The smallest absolute Gasteiger partial charge is 0.245 e. The van der Waals surface area contributed by atoms with Crippen molar-refractivity contribution in [1.82, 2.24) is 20.0 Å². The topological polar surface area (TPSA) is 93.5 Å². The number of hydrogen-bond donors (Lipinski definition) is 1. The van der Waals surface area contributed by atoms with Gasteiger partial charge in [0.25, 0.3) is 0 Å². The van der Waals surface area contributed by atoms with Gasteiger partial charge in [0.15, 0.2) is 5.78 Å². The number of benzene rings is 1. The van der Waals surface area contributed by atoms with Crippen molar-refractivity contribution in [2.45, 2.75) is 84.2 Å². The van der Waals surface area contributed by atoms with Gasteiger partial charge in [-0.3, -0.25) is 19.1 Å². The molecule has 0 saturated carbocycles. The highest BCUT2D eigenvalue weighted by atomic mass is 16.5. The van der Waals surface area contributed by atoms with Gasteiger partial charge in [-0.25, -0.2) is 0 Å². The molecule has 1 aromatic heterocycles. The standard InChI is InChI=1S/C26H38N4O4/c1-18(26(33)27-3)29-14-12-10-8-6-5-7-9-11-13-20-15-21(34-4)16-22-24(19(2)31)28-30(25(20)22)17-23(29)32/h15-16,18H,5-14,17H2,1-4H3,(H,27,33)/t18-/m0/s1. The number of carbonyl (C=O) groups is 3. The zero-order chi connectivity index (χ0) is 24.7. The Labute approximate surface area is 202 Å². The van der Waals surface area contributed by atoms with E-state index in [2.05, 4.69) is 10.4 Å². The summed E-state index contributed by atoms with van der Waals surface area (Å²) < 4.78 is 7.16. The van der Waals surface area contributed by atoms with E-state index in [4.69, 9.17) is 4.74 Å². The molecule has 1 N–H and O–H groups in total. The number of Topliss-reactive ketones (excluding diaryl/α,β-unsaturated/α-hetero) is 1. The number of nitrogens with one attached hydrogen (secondary N) is 1. The Morgan fingerprint density at radius 3 is 2.32 bits per heavy atom. The second-order valence-electron chi connectivity index (χ2n) is 9.20. The average Bonchev–Trinajstić information content (AvgIpc) is 3.19. The molecule has 0 unspecified atom stereocenters. The lowest BCUT2D eigenvalue weighted by Gasteiger charge is -2.28. The number of ketones is 1. The molecule has 1 atom stereocenters. The Bertz CT molecular complexity index is 1030. The molecule has 186 valence electrons. The van der Waals surface area contributed by atoms with Gasteiger partial charge >= 0.3 is 0 Å². The first kappa shape index (κ1) is 25.7. The summed E-state index contributed by atoms with van der Waals surface area (Å²) in [5, 5.41) is 7.94. The molecule has 0 radical (unpaired) electrons. The number of likely N-dealkylation sites (N-methyl/N-ethyl adjacent to an activating group) is 1. The molecule has 1 aromatic carbocycles. The van der Waals surface area contributed by atoms with E-state index in [1.165, 1.54) is 26.2 Å². The highest BCUT2D eigenvalue weighted by molar-refractivity contribution is 6.06. The number of aryl methyl sites for hydroxylation is 1. The third kappa shape index (κ3) is 5.96. The van der Waals surface area contributed by atoms with Gasteiger partial charge in [-0.15, -0.1) is 0 Å². The van der Waals surface area contributed by atoms with Gasteiger partial charge in [-0.05, 0) is 43.9 Å². The number of rotatable bonds is 4. The molecule has 2 aromatic rings. The van der Waals surface area contributed by atoms with E-state index in [1.54, 1.807) is 30.7 Å². The second-order valence-corrected chi connectivity index (χ2v) is 9.20. The summed E-state index contributed by atoms with van der Waals surface area (Å²) >= 11 is 0. The Kier molecular flexibility index (Phi) is 9.07. The Balaban J connectivity index is 2.07. The van der Waals surface area contributed by atoms with Crippen molar-refractivity contribution < 1.29 is 19.1 Å². The highest BCUT2D eigenvalue weighted by Crippen LogP contribution is 2.30. The fourth-order valence-corrected chi connectivity index (χ4v) is 4.82. The van der Waals surface area contributed by atoms with Crippen LogP contribution in [0.4, 0.5) is 0 Å². The molecule has 1 aliphatic heterocycles. The van der Waals surface area contributed by atoms with E-state index in [0.717, 1.165) is 49.6 Å². The SMILES string of the molecule is CNC(=O)[C@H](C)N1CCCCCCCCCCc2cc(OC)cc3c(C(C)=O)nn(c23)CC1=O. The van der Waals surface area contributed by atoms with E-state index in [1.807, 2.05) is 12.1 Å². The molecule has 3 rings (SSSR count). The first-order chi connectivity index (χ1) is 16.4. The summed E-state index contributed by atoms with van der Waals surface area (Å²) in [5.74, 6) is 0.157. The van der Waals surface area contributed by atoms with Crippen LogP contribution in [0.1, 0.15) is 81.3 Å². The van der Waals surface area contributed by atoms with E-state index in [9.17, 15) is 14.4 Å². The highest BCUT2D eigenvalue weighted by Gasteiger charge is 2.27. The van der Waals surface area contributed by atoms with Crippen LogP contribution in [0.5, 0.6) is 5.75 Å². The number of nitrogens with zero attached hydrogens (tertiary/aromatic N) is 3. The minimum Gasteiger partial charge on any atom is -0.497 e. The number of methoxy groups -OCH3 is 1. The zero-order valence-corrected chi connectivity index (χ0v) is 21.0. The summed E-state index contributed by atoms with van der Waals surface area (Å²) in [6.45, 7) is 3.74. The second kappa shape index (κ2) is 12.0. The van der Waals surface area contributed by atoms with Crippen LogP contribution in [0.3, 0.4) is 0 Å². The van der Waals surface area contributed by atoms with Crippen molar-refractivity contribution in [2.24, 2.45) is 0 Å². The van der Waals surface area contributed by atoms with Gasteiger partial charge in [0.1, 0.15) is 24.0 Å². The first-order valence-electron chi connectivity index (χ1n) is 12.5. The van der Waals surface area contributed by atoms with E-state index in [-0.39, 0.29) is 24.1 Å². The minimum atomic E-state index is -0.579. The van der Waals surface area contributed by atoms with Crippen molar-refractivity contribution >= 4 is 28.5 Å². The predicted molar refractivity (Wildman–Crippen MR) is 132 cm³/mol. The summed E-state index contributed by atoms with van der Waals surface area (Å²) in [6, 6.07) is 3.24. The van der Waals surface area contributed by atoms with Crippen LogP contribution in [-0.4, -0.2) is 59.0 Å². The van der Waals surface area contributed by atoms with Crippen LogP contribution >= 0.6 is 0 Å². The van der Waals surface area contributed by atoms with E-state index < -0.39 is 6.04 Å². The third-order valence-corrected chi connectivity index (χ3v) is 6.76. The van der Waals surface area contributed by atoms with Gasteiger partial charge in [0.05, 0.1) is 12.6 Å². The molecule has 0 fully saturated rings. The van der Waals surface area contributed by atoms with Crippen molar-refractivity contribution in [3.63, 3.8) is 0 Å². The number of ether oxygens (including phenoxy) is 1. The molecule has 1 aliphatic rings. The van der Waals surface area contributed by atoms with Gasteiger partial charge in [0.2, 0.25) is 11.8 Å². The number of carbonyl (C=O) groups excluding carboxylic acids is 3. The van der Waals surface area contributed by atoms with Crippen LogP contribution in [0.25, 0.3) is 10.9 Å². The van der Waals surface area contributed by atoms with Gasteiger partial charge in [-0.1, -0.05) is 38.5 Å². The zero-order valence-electron chi connectivity index (χ0n) is 21.0. The third-order valence-electron chi connectivity index (χ3n) is 6.76. The van der Waals surface area contributed by atoms with Crippen LogP contribution in [0.2, 0.25) is 0 Å². The van der Waals surface area contributed by atoms with Crippen molar-refractivity contribution in [3.8, 4) is 5.75 Å². The average molecular weight is 471 g/mol. The molecular formula is C26H38N4O4. The maximum Gasteiger partial charge on any atom is 0.245 e. The number of aromatic nitrogens is 2. The Morgan fingerprint density at radius 1 is 1.06 bits per heavy atom. The van der Waals surface area contributed by atoms with Gasteiger partial charge in [0, 0.05) is 25.9 Å². The molecule has 2 heterocycles. The van der Waals surface area contributed by atoms with Crippen molar-refractivity contribution in [2.75, 3.05) is 20.7 Å². The predicted octanol–water partition coefficient (Wildman–Crippen LogP) is 3.89. The summed E-state index contributed by atoms with van der Waals surface area (Å²) in [4.78, 5) is 39.9. The van der Waals surface area contributed by atoms with Crippen LogP contribution in [0, 0.1) is 0 Å². The van der Waals surface area contributed by atoms with Crippen LogP contribution in [0.15, 0.2) is 12.1 Å². The van der Waals surface area contributed by atoms with Crippen LogP contribution < -0.4 is 10.1 Å². The van der Waals surface area contributed by atoms with Crippen molar-refractivity contribution in [1.29, 1.82) is 0 Å². The molecule has 0 spiro atoms. The molecule has 0 bridgehead atoms. The largest absolute Gasteiger partial charge is 0.497 e. The lowest BCUT2D eigenvalue weighted by Crippen LogP contribution is -2.48. The quantitative estimate of drug-likeness (QED) is 0.685. The Morgan fingerprint density at radius 2 is 1.71 bits per heavy atom. The lowest BCUT2D eigenvalue weighted by molar-refractivity contribution is -0.140. The Hall–Kier alpha value is -2.90. The fourth-order valence-electron chi connectivity index (χ4n) is 4.82. The summed E-state index contributed by atoms with van der Waals surface area (Å²) in [5.41, 5.74) is 2.17. The van der Waals surface area contributed by atoms with E-state index in [0.29, 0.717) is 23.4 Å². The van der Waals surface area contributed by atoms with Crippen molar-refractivity contribution in [3.05, 3.63) is 23.4 Å². The molecule has 34 heavy (non-hydrogen) atoms. The monoisotopic (exact) mass is 470 g/mol.